The van der Waals surface area contributed by atoms with Gasteiger partial charge in [0.1, 0.15) is 6.61 Å². The Labute approximate surface area is 201 Å². The molecular formula is C25H37NO8. The molecule has 0 bridgehead atoms. The van der Waals surface area contributed by atoms with Crippen molar-refractivity contribution in [2.24, 2.45) is 0 Å². The highest BCUT2D eigenvalue weighted by atomic mass is 16.6. The van der Waals surface area contributed by atoms with Crippen LogP contribution in [0.1, 0.15) is 59.7 Å². The molecule has 2 rings (SSSR count). The summed E-state index contributed by atoms with van der Waals surface area (Å²) in [5.74, 6) is -0.721. The Bertz CT molecular complexity index is 719. The molecule has 1 heterocycles. The van der Waals surface area contributed by atoms with Gasteiger partial charge in [-0.1, -0.05) is 38.3 Å². The van der Waals surface area contributed by atoms with Crippen LogP contribution in [-0.2, 0) is 28.5 Å². The van der Waals surface area contributed by atoms with E-state index in [1.165, 1.54) is 4.90 Å². The van der Waals surface area contributed by atoms with Gasteiger partial charge in [0.05, 0.1) is 70.5 Å². The van der Waals surface area contributed by atoms with Crippen LogP contribution in [0.3, 0.4) is 0 Å². The van der Waals surface area contributed by atoms with E-state index in [2.05, 4.69) is 6.92 Å². The number of imide groups is 1. The highest BCUT2D eigenvalue weighted by Gasteiger charge is 2.34. The number of hydrogen-bond donors (Lipinski definition) is 0. The number of nitrogens with zero attached hydrogens (tertiary/aromatic N) is 1. The van der Waals surface area contributed by atoms with E-state index in [0.717, 1.165) is 25.7 Å². The minimum Gasteiger partial charge on any atom is -0.463 e. The van der Waals surface area contributed by atoms with Gasteiger partial charge in [0.2, 0.25) is 0 Å². The summed E-state index contributed by atoms with van der Waals surface area (Å²) in [7, 11) is 0. The van der Waals surface area contributed by atoms with Crippen molar-refractivity contribution in [1.29, 1.82) is 0 Å². The van der Waals surface area contributed by atoms with Crippen LogP contribution in [0, 0.1) is 0 Å². The molecule has 1 aromatic carbocycles. The maximum absolute atomic E-state index is 12.2. The van der Waals surface area contributed by atoms with Crippen molar-refractivity contribution in [2.75, 3.05) is 66.0 Å². The summed E-state index contributed by atoms with van der Waals surface area (Å²) in [4.78, 5) is 37.2. The number of esters is 1. The molecule has 34 heavy (non-hydrogen) atoms. The van der Waals surface area contributed by atoms with Gasteiger partial charge in [-0.25, -0.2) is 0 Å². The lowest BCUT2D eigenvalue weighted by Gasteiger charge is -2.13. The minimum atomic E-state index is -0.277. The molecule has 9 heteroatoms. The number of ether oxygens (including phenoxy) is 5. The average molecular weight is 480 g/mol. The number of carbonyl (C=O) groups is 3. The lowest BCUT2D eigenvalue weighted by Crippen LogP contribution is -2.33. The van der Waals surface area contributed by atoms with Gasteiger partial charge < -0.3 is 23.7 Å². The molecule has 1 aliphatic heterocycles. The van der Waals surface area contributed by atoms with Crippen molar-refractivity contribution in [2.45, 2.75) is 39.0 Å². The molecule has 0 fully saturated rings. The average Bonchev–Trinajstić information content (AvgIpc) is 3.09. The van der Waals surface area contributed by atoms with Crippen LogP contribution in [0.15, 0.2) is 24.3 Å². The third kappa shape index (κ3) is 10.3. The molecule has 0 aliphatic carbocycles. The molecule has 0 spiro atoms. The largest absolute Gasteiger partial charge is 0.463 e. The fourth-order valence-corrected chi connectivity index (χ4v) is 3.34. The first-order chi connectivity index (χ1) is 16.6. The van der Waals surface area contributed by atoms with Crippen molar-refractivity contribution in [1.82, 2.24) is 4.90 Å². The molecule has 0 unspecified atom stereocenters. The predicted molar refractivity (Wildman–Crippen MR) is 125 cm³/mol. The Morgan fingerprint density at radius 1 is 0.706 bits per heavy atom. The lowest BCUT2D eigenvalue weighted by atomic mass is 10.1. The molecular weight excluding hydrogens is 442 g/mol. The first-order valence-corrected chi connectivity index (χ1v) is 12.1. The third-order valence-corrected chi connectivity index (χ3v) is 5.18. The zero-order valence-electron chi connectivity index (χ0n) is 20.1. The summed E-state index contributed by atoms with van der Waals surface area (Å²) in [5.41, 5.74) is 0.885. The van der Waals surface area contributed by atoms with Gasteiger partial charge in [-0.2, -0.15) is 0 Å². The second-order valence-electron chi connectivity index (χ2n) is 7.79. The van der Waals surface area contributed by atoms with Gasteiger partial charge in [0, 0.05) is 6.42 Å². The summed E-state index contributed by atoms with van der Waals surface area (Å²) in [6.45, 7) is 5.72. The molecule has 0 atom stereocenters. The number of rotatable bonds is 20. The maximum Gasteiger partial charge on any atom is 0.305 e. The molecule has 2 amide bonds. The fourth-order valence-electron chi connectivity index (χ4n) is 3.34. The Morgan fingerprint density at radius 3 is 1.74 bits per heavy atom. The number of hydrogen-bond acceptors (Lipinski definition) is 8. The minimum absolute atomic E-state index is 0.166. The van der Waals surface area contributed by atoms with E-state index in [1.54, 1.807) is 24.3 Å². The first kappa shape index (κ1) is 27.9. The Balaban J connectivity index is 1.32. The Morgan fingerprint density at radius 2 is 1.21 bits per heavy atom. The van der Waals surface area contributed by atoms with Gasteiger partial charge in [0.15, 0.2) is 0 Å². The van der Waals surface area contributed by atoms with Crippen LogP contribution in [-0.4, -0.2) is 88.7 Å². The van der Waals surface area contributed by atoms with Gasteiger partial charge in [0.25, 0.3) is 11.8 Å². The van der Waals surface area contributed by atoms with Crippen molar-refractivity contribution < 1.29 is 38.1 Å². The molecule has 9 nitrogen and oxygen atoms in total. The molecule has 0 radical (unpaired) electrons. The van der Waals surface area contributed by atoms with Crippen molar-refractivity contribution in [3.05, 3.63) is 35.4 Å². The number of amides is 2. The maximum atomic E-state index is 12.2. The molecule has 1 aromatic rings. The molecule has 190 valence electrons. The Hall–Kier alpha value is -2.33. The fraction of sp³-hybridized carbons (Fsp3) is 0.640. The van der Waals surface area contributed by atoms with Crippen LogP contribution in [0.2, 0.25) is 0 Å². The smallest absolute Gasteiger partial charge is 0.305 e. The zero-order valence-corrected chi connectivity index (χ0v) is 20.1. The van der Waals surface area contributed by atoms with E-state index in [0.29, 0.717) is 63.8 Å². The van der Waals surface area contributed by atoms with E-state index >= 15 is 0 Å². The highest BCUT2D eigenvalue weighted by Crippen LogP contribution is 2.21. The van der Waals surface area contributed by atoms with Gasteiger partial charge in [-0.3, -0.25) is 19.3 Å². The second-order valence-corrected chi connectivity index (χ2v) is 7.79. The van der Waals surface area contributed by atoms with Crippen molar-refractivity contribution in [3.8, 4) is 0 Å². The van der Waals surface area contributed by atoms with Crippen molar-refractivity contribution >= 4 is 17.8 Å². The van der Waals surface area contributed by atoms with E-state index in [9.17, 15) is 14.4 Å². The number of carbonyl (C=O) groups excluding carboxylic acids is 3. The van der Waals surface area contributed by atoms with Crippen LogP contribution < -0.4 is 0 Å². The molecule has 0 saturated heterocycles. The first-order valence-electron chi connectivity index (χ1n) is 12.1. The molecule has 0 aromatic heterocycles. The zero-order chi connectivity index (χ0) is 24.4. The molecule has 1 aliphatic rings. The van der Waals surface area contributed by atoms with E-state index in [4.69, 9.17) is 23.7 Å². The van der Waals surface area contributed by atoms with E-state index in [1.807, 2.05) is 0 Å². The van der Waals surface area contributed by atoms with Gasteiger partial charge in [-0.05, 0) is 18.6 Å². The number of fused-ring (bicyclic) bond motifs is 1. The van der Waals surface area contributed by atoms with Crippen LogP contribution in [0.25, 0.3) is 0 Å². The number of benzene rings is 1. The Kier molecular flexibility index (Phi) is 14.1. The van der Waals surface area contributed by atoms with E-state index < -0.39 is 0 Å². The standard InChI is InChI=1S/C25H37NO8/c1-2-3-4-5-10-23(27)34-20-19-33-18-17-32-16-15-31-14-13-30-12-11-26-24(28)21-8-6-7-9-22(21)25(26)29/h6-9H,2-5,10-20H2,1H3. The van der Waals surface area contributed by atoms with Gasteiger partial charge >= 0.3 is 5.97 Å². The van der Waals surface area contributed by atoms with Crippen molar-refractivity contribution in [3.63, 3.8) is 0 Å². The summed E-state index contributed by atoms with van der Waals surface area (Å²) in [6, 6.07) is 6.81. The molecule has 0 N–H and O–H groups in total. The molecule has 0 saturated carbocycles. The lowest BCUT2D eigenvalue weighted by molar-refractivity contribution is -0.145. The summed E-state index contributed by atoms with van der Waals surface area (Å²) in [5, 5.41) is 0. The second kappa shape index (κ2) is 17.2. The third-order valence-electron chi connectivity index (χ3n) is 5.18. The van der Waals surface area contributed by atoms with Crippen LogP contribution in [0.5, 0.6) is 0 Å². The monoisotopic (exact) mass is 479 g/mol. The summed E-state index contributed by atoms with van der Waals surface area (Å²) < 4.78 is 26.7. The summed E-state index contributed by atoms with van der Waals surface area (Å²) in [6.07, 6.45) is 4.71. The van der Waals surface area contributed by atoms with Crippen LogP contribution >= 0.6 is 0 Å². The van der Waals surface area contributed by atoms with E-state index in [-0.39, 0.29) is 37.5 Å². The van der Waals surface area contributed by atoms with Gasteiger partial charge in [-0.15, -0.1) is 0 Å². The quantitative estimate of drug-likeness (QED) is 0.160. The summed E-state index contributed by atoms with van der Waals surface area (Å²) >= 11 is 0. The topological polar surface area (TPSA) is 101 Å². The number of unbranched alkanes of at least 4 members (excludes halogenated alkanes) is 3. The normalized spacial score (nSPS) is 12.9. The van der Waals surface area contributed by atoms with Crippen LogP contribution in [0.4, 0.5) is 0 Å². The SMILES string of the molecule is CCCCCCC(=O)OCCOCCOCCOCCOCCN1C(=O)c2ccccc2C1=O. The predicted octanol–water partition coefficient (Wildman–Crippen LogP) is 2.86. The highest BCUT2D eigenvalue weighted by molar-refractivity contribution is 6.21.